The SMILES string of the molecule is Clc1nc(-c2ccccn2)nc(N2CCOCC2)n1. The average molecular weight is 278 g/mol. The molecule has 3 heterocycles. The Morgan fingerprint density at radius 1 is 1.11 bits per heavy atom. The van der Waals surface area contributed by atoms with E-state index in [1.165, 1.54) is 0 Å². The van der Waals surface area contributed by atoms with Crippen molar-refractivity contribution in [1.29, 1.82) is 0 Å². The van der Waals surface area contributed by atoms with Crippen molar-refractivity contribution in [1.82, 2.24) is 19.9 Å². The Hall–Kier alpha value is -1.79. The van der Waals surface area contributed by atoms with E-state index in [0.29, 0.717) is 30.7 Å². The summed E-state index contributed by atoms with van der Waals surface area (Å²) in [5, 5.41) is 0.178. The van der Waals surface area contributed by atoms with Crippen molar-refractivity contribution < 1.29 is 4.74 Å². The van der Waals surface area contributed by atoms with Crippen LogP contribution in [0.3, 0.4) is 0 Å². The molecule has 1 aliphatic heterocycles. The zero-order valence-electron chi connectivity index (χ0n) is 10.2. The van der Waals surface area contributed by atoms with Gasteiger partial charge in [-0.2, -0.15) is 15.0 Å². The molecule has 0 radical (unpaired) electrons. The number of pyridine rings is 1. The Kier molecular flexibility index (Phi) is 3.52. The number of hydrogen-bond acceptors (Lipinski definition) is 6. The molecule has 6 nitrogen and oxygen atoms in total. The third kappa shape index (κ3) is 2.80. The van der Waals surface area contributed by atoms with Crippen LogP contribution in [0.4, 0.5) is 5.95 Å². The zero-order chi connectivity index (χ0) is 13.1. The van der Waals surface area contributed by atoms with Gasteiger partial charge in [-0.05, 0) is 23.7 Å². The molecule has 0 spiro atoms. The standard InChI is InChI=1S/C12H12ClN5O/c13-11-15-10(9-3-1-2-4-14-9)16-12(17-11)18-5-7-19-8-6-18/h1-4H,5-8H2. The van der Waals surface area contributed by atoms with Crippen LogP contribution >= 0.6 is 11.6 Å². The molecule has 19 heavy (non-hydrogen) atoms. The molecule has 1 fully saturated rings. The zero-order valence-corrected chi connectivity index (χ0v) is 10.9. The Morgan fingerprint density at radius 3 is 2.68 bits per heavy atom. The van der Waals surface area contributed by atoms with E-state index in [9.17, 15) is 0 Å². The van der Waals surface area contributed by atoms with Gasteiger partial charge in [-0.1, -0.05) is 6.07 Å². The smallest absolute Gasteiger partial charge is 0.230 e. The summed E-state index contributed by atoms with van der Waals surface area (Å²) in [6.45, 7) is 2.84. The predicted octanol–water partition coefficient (Wildman–Crippen LogP) is 1.42. The highest BCUT2D eigenvalue weighted by Gasteiger charge is 2.16. The molecule has 1 aliphatic rings. The lowest BCUT2D eigenvalue weighted by Crippen LogP contribution is -2.37. The second kappa shape index (κ2) is 5.46. The quantitative estimate of drug-likeness (QED) is 0.827. The summed E-state index contributed by atoms with van der Waals surface area (Å²) >= 11 is 5.97. The molecule has 0 bridgehead atoms. The fourth-order valence-electron chi connectivity index (χ4n) is 1.85. The third-order valence-corrected chi connectivity index (χ3v) is 2.95. The summed E-state index contributed by atoms with van der Waals surface area (Å²) in [6, 6.07) is 5.57. The summed E-state index contributed by atoms with van der Waals surface area (Å²) in [5.41, 5.74) is 0.682. The van der Waals surface area contributed by atoms with Crippen molar-refractivity contribution in [3.05, 3.63) is 29.7 Å². The van der Waals surface area contributed by atoms with Gasteiger partial charge in [0.15, 0.2) is 5.82 Å². The molecule has 0 saturated carbocycles. The van der Waals surface area contributed by atoms with E-state index in [1.807, 2.05) is 23.1 Å². The van der Waals surface area contributed by atoms with Gasteiger partial charge >= 0.3 is 0 Å². The number of morpholine rings is 1. The highest BCUT2D eigenvalue weighted by Crippen LogP contribution is 2.18. The van der Waals surface area contributed by atoms with Crippen molar-refractivity contribution in [3.63, 3.8) is 0 Å². The molecule has 2 aromatic heterocycles. The van der Waals surface area contributed by atoms with Crippen molar-refractivity contribution >= 4 is 17.5 Å². The minimum atomic E-state index is 0.178. The molecule has 0 N–H and O–H groups in total. The lowest BCUT2D eigenvalue weighted by Gasteiger charge is -2.26. The van der Waals surface area contributed by atoms with Crippen LogP contribution in [0.15, 0.2) is 24.4 Å². The molecule has 3 rings (SSSR count). The number of aromatic nitrogens is 4. The van der Waals surface area contributed by atoms with Crippen molar-refractivity contribution in [3.8, 4) is 11.5 Å². The van der Waals surface area contributed by atoms with Crippen LogP contribution in [0.5, 0.6) is 0 Å². The highest BCUT2D eigenvalue weighted by atomic mass is 35.5. The molecule has 98 valence electrons. The minimum Gasteiger partial charge on any atom is -0.378 e. The Balaban J connectivity index is 1.96. The molecule has 0 unspecified atom stereocenters. The Bertz CT molecular complexity index is 559. The normalized spacial score (nSPS) is 15.5. The summed E-state index contributed by atoms with van der Waals surface area (Å²) in [5.74, 6) is 1.06. The summed E-state index contributed by atoms with van der Waals surface area (Å²) < 4.78 is 5.31. The van der Waals surface area contributed by atoms with Crippen LogP contribution in [-0.2, 0) is 4.74 Å². The number of rotatable bonds is 2. The van der Waals surface area contributed by atoms with Gasteiger partial charge in [0.2, 0.25) is 11.2 Å². The molecule has 0 aliphatic carbocycles. The lowest BCUT2D eigenvalue weighted by atomic mass is 10.3. The monoisotopic (exact) mass is 277 g/mol. The van der Waals surface area contributed by atoms with E-state index in [0.717, 1.165) is 13.1 Å². The number of hydrogen-bond donors (Lipinski definition) is 0. The van der Waals surface area contributed by atoms with Gasteiger partial charge in [-0.25, -0.2) is 0 Å². The number of halogens is 1. The fourth-order valence-corrected chi connectivity index (χ4v) is 2.01. The maximum absolute atomic E-state index is 5.97. The van der Waals surface area contributed by atoms with Gasteiger partial charge in [0, 0.05) is 19.3 Å². The third-order valence-electron chi connectivity index (χ3n) is 2.78. The van der Waals surface area contributed by atoms with Crippen molar-refractivity contribution in [2.75, 3.05) is 31.2 Å². The second-order valence-corrected chi connectivity index (χ2v) is 4.38. The van der Waals surface area contributed by atoms with Crippen LogP contribution < -0.4 is 4.90 Å². The van der Waals surface area contributed by atoms with Crippen LogP contribution in [0.1, 0.15) is 0 Å². The molecule has 0 amide bonds. The van der Waals surface area contributed by atoms with E-state index in [-0.39, 0.29) is 5.28 Å². The topological polar surface area (TPSA) is 64.0 Å². The van der Waals surface area contributed by atoms with E-state index < -0.39 is 0 Å². The minimum absolute atomic E-state index is 0.178. The second-order valence-electron chi connectivity index (χ2n) is 4.04. The van der Waals surface area contributed by atoms with Gasteiger partial charge in [-0.3, -0.25) is 4.98 Å². The first kappa shape index (κ1) is 12.3. The molecule has 2 aromatic rings. The van der Waals surface area contributed by atoms with E-state index >= 15 is 0 Å². The number of anilines is 1. The Morgan fingerprint density at radius 2 is 1.95 bits per heavy atom. The summed E-state index contributed by atoms with van der Waals surface area (Å²) in [7, 11) is 0. The first-order valence-corrected chi connectivity index (χ1v) is 6.36. The highest BCUT2D eigenvalue weighted by molar-refractivity contribution is 6.28. The lowest BCUT2D eigenvalue weighted by molar-refractivity contribution is 0.122. The Labute approximate surface area is 115 Å². The average Bonchev–Trinajstić information content (AvgIpc) is 2.48. The predicted molar refractivity (Wildman–Crippen MR) is 71.1 cm³/mol. The first-order valence-electron chi connectivity index (χ1n) is 5.98. The van der Waals surface area contributed by atoms with Gasteiger partial charge in [0.05, 0.1) is 13.2 Å². The first-order chi connectivity index (χ1) is 9.33. The molecule has 1 saturated heterocycles. The maximum atomic E-state index is 5.97. The molecule has 0 aromatic carbocycles. The number of nitrogens with zero attached hydrogens (tertiary/aromatic N) is 5. The number of ether oxygens (including phenoxy) is 1. The van der Waals surface area contributed by atoms with Crippen molar-refractivity contribution in [2.24, 2.45) is 0 Å². The maximum Gasteiger partial charge on any atom is 0.230 e. The van der Waals surface area contributed by atoms with Crippen LogP contribution in [0, 0.1) is 0 Å². The van der Waals surface area contributed by atoms with E-state index in [1.54, 1.807) is 6.20 Å². The largest absolute Gasteiger partial charge is 0.378 e. The van der Waals surface area contributed by atoms with E-state index in [2.05, 4.69) is 19.9 Å². The van der Waals surface area contributed by atoms with E-state index in [4.69, 9.17) is 16.3 Å². The van der Waals surface area contributed by atoms with Crippen LogP contribution in [0.25, 0.3) is 11.5 Å². The van der Waals surface area contributed by atoms with Crippen molar-refractivity contribution in [2.45, 2.75) is 0 Å². The molecular weight excluding hydrogens is 266 g/mol. The van der Waals surface area contributed by atoms with Gasteiger partial charge in [-0.15, -0.1) is 0 Å². The molecular formula is C12H12ClN5O. The fraction of sp³-hybridized carbons (Fsp3) is 0.333. The van der Waals surface area contributed by atoms with Crippen LogP contribution in [-0.4, -0.2) is 46.2 Å². The van der Waals surface area contributed by atoms with Crippen LogP contribution in [0.2, 0.25) is 5.28 Å². The molecule has 0 atom stereocenters. The summed E-state index contributed by atoms with van der Waals surface area (Å²) in [6.07, 6.45) is 1.70. The van der Waals surface area contributed by atoms with Gasteiger partial charge in [0.1, 0.15) is 5.69 Å². The molecule has 7 heteroatoms. The van der Waals surface area contributed by atoms with Gasteiger partial charge in [0.25, 0.3) is 0 Å². The summed E-state index contributed by atoms with van der Waals surface area (Å²) in [4.78, 5) is 19.0. The van der Waals surface area contributed by atoms with Gasteiger partial charge < -0.3 is 9.64 Å².